The lowest BCUT2D eigenvalue weighted by molar-refractivity contribution is 0.0950. The number of benzene rings is 3. The fraction of sp³-hybridized carbons (Fsp3) is 0.208. The minimum atomic E-state index is -3.88. The second-order valence-corrected chi connectivity index (χ2v) is 9.23. The first kappa shape index (κ1) is 22.5. The molecule has 0 saturated carbocycles. The van der Waals surface area contributed by atoms with E-state index in [1.54, 1.807) is 6.07 Å². The number of nitrogens with zero attached hydrogens (tertiary/aromatic N) is 1. The summed E-state index contributed by atoms with van der Waals surface area (Å²) in [5, 5.41) is 2.85. The Hall–Kier alpha value is -3.16. The quantitative estimate of drug-likeness (QED) is 0.581. The molecule has 0 aromatic heterocycles. The zero-order chi connectivity index (χ0) is 22.4. The number of ether oxygens (including phenoxy) is 1. The zero-order valence-corrected chi connectivity index (χ0v) is 18.6. The molecule has 6 nitrogen and oxygen atoms in total. The number of sulfonamides is 1. The molecule has 162 valence electrons. The van der Waals surface area contributed by atoms with E-state index in [0.717, 1.165) is 16.7 Å². The smallest absolute Gasteiger partial charge is 0.251 e. The van der Waals surface area contributed by atoms with Crippen LogP contribution in [0.2, 0.25) is 0 Å². The van der Waals surface area contributed by atoms with Crippen molar-refractivity contribution >= 4 is 15.9 Å². The fourth-order valence-electron chi connectivity index (χ4n) is 3.20. The Morgan fingerprint density at radius 1 is 1.00 bits per heavy atom. The normalized spacial score (nSPS) is 11.4. The molecule has 7 heteroatoms. The van der Waals surface area contributed by atoms with Gasteiger partial charge in [0.1, 0.15) is 10.6 Å². The standard InChI is InChI=1S/C24H26N2O4S/c1-18-9-7-8-12-21(18)16-25-24(27)20-13-14-22(30-3)23(15-20)31(28,29)26(2)17-19-10-5-4-6-11-19/h4-15H,16-17H2,1-3H3,(H,25,27). The third-order valence-electron chi connectivity index (χ3n) is 5.06. The lowest BCUT2D eigenvalue weighted by Gasteiger charge is -2.19. The van der Waals surface area contributed by atoms with Crippen molar-refractivity contribution in [1.29, 1.82) is 0 Å². The molecule has 1 amide bonds. The van der Waals surface area contributed by atoms with Gasteiger partial charge in [-0.05, 0) is 41.8 Å². The summed E-state index contributed by atoms with van der Waals surface area (Å²) in [6.45, 7) is 2.53. The molecule has 0 aliphatic heterocycles. The molecule has 0 fully saturated rings. The molecule has 3 rings (SSSR count). The van der Waals surface area contributed by atoms with Gasteiger partial charge in [-0.2, -0.15) is 4.31 Å². The maximum atomic E-state index is 13.2. The number of hydrogen-bond donors (Lipinski definition) is 1. The predicted molar refractivity (Wildman–Crippen MR) is 120 cm³/mol. The number of amides is 1. The van der Waals surface area contributed by atoms with Crippen molar-refractivity contribution in [3.8, 4) is 5.75 Å². The lowest BCUT2D eigenvalue weighted by Crippen LogP contribution is -2.28. The molecular formula is C24H26N2O4S. The molecule has 0 aliphatic carbocycles. The summed E-state index contributed by atoms with van der Waals surface area (Å²) in [5.41, 5.74) is 3.18. The van der Waals surface area contributed by atoms with Crippen LogP contribution < -0.4 is 10.1 Å². The van der Waals surface area contributed by atoms with Crippen LogP contribution in [-0.2, 0) is 23.1 Å². The van der Waals surface area contributed by atoms with Gasteiger partial charge in [0.25, 0.3) is 5.91 Å². The van der Waals surface area contributed by atoms with Crippen molar-refractivity contribution < 1.29 is 17.9 Å². The van der Waals surface area contributed by atoms with Crippen LogP contribution in [0.4, 0.5) is 0 Å². The summed E-state index contributed by atoms with van der Waals surface area (Å²) >= 11 is 0. The van der Waals surface area contributed by atoms with Crippen molar-refractivity contribution in [2.45, 2.75) is 24.9 Å². The van der Waals surface area contributed by atoms with Crippen molar-refractivity contribution in [3.05, 3.63) is 95.1 Å². The molecule has 0 unspecified atom stereocenters. The number of aryl methyl sites for hydroxylation is 1. The van der Waals surface area contributed by atoms with Gasteiger partial charge in [0.15, 0.2) is 0 Å². The van der Waals surface area contributed by atoms with Crippen LogP contribution in [0.25, 0.3) is 0 Å². The summed E-state index contributed by atoms with van der Waals surface area (Å²) in [5.74, 6) is -0.163. The number of carbonyl (C=O) groups excluding carboxylic acids is 1. The summed E-state index contributed by atoms with van der Waals surface area (Å²) in [6.07, 6.45) is 0. The van der Waals surface area contributed by atoms with Crippen LogP contribution >= 0.6 is 0 Å². The van der Waals surface area contributed by atoms with E-state index >= 15 is 0 Å². The summed E-state index contributed by atoms with van der Waals surface area (Å²) in [4.78, 5) is 12.7. The van der Waals surface area contributed by atoms with Gasteiger partial charge in [-0.15, -0.1) is 0 Å². The Morgan fingerprint density at radius 3 is 2.35 bits per heavy atom. The van der Waals surface area contributed by atoms with Crippen molar-refractivity contribution in [2.75, 3.05) is 14.2 Å². The summed E-state index contributed by atoms with van der Waals surface area (Å²) < 4.78 is 33.0. The summed E-state index contributed by atoms with van der Waals surface area (Å²) in [7, 11) is -0.969. The van der Waals surface area contributed by atoms with Crippen LogP contribution in [-0.4, -0.2) is 32.8 Å². The van der Waals surface area contributed by atoms with Gasteiger partial charge in [-0.25, -0.2) is 8.42 Å². The van der Waals surface area contributed by atoms with Gasteiger partial charge in [0.2, 0.25) is 10.0 Å². The third-order valence-corrected chi connectivity index (χ3v) is 6.89. The first-order chi connectivity index (χ1) is 14.8. The first-order valence-electron chi connectivity index (χ1n) is 9.84. The van der Waals surface area contributed by atoms with Gasteiger partial charge >= 0.3 is 0 Å². The Balaban J connectivity index is 1.84. The number of nitrogens with one attached hydrogen (secondary N) is 1. The van der Waals surface area contributed by atoms with E-state index in [0.29, 0.717) is 6.54 Å². The second-order valence-electron chi connectivity index (χ2n) is 7.22. The molecule has 0 aliphatic rings. The molecule has 0 spiro atoms. The van der Waals surface area contributed by atoms with Crippen LogP contribution in [0, 0.1) is 6.92 Å². The van der Waals surface area contributed by atoms with E-state index in [9.17, 15) is 13.2 Å². The minimum Gasteiger partial charge on any atom is -0.495 e. The average Bonchev–Trinajstić information content (AvgIpc) is 2.78. The van der Waals surface area contributed by atoms with E-state index in [2.05, 4.69) is 5.32 Å². The third kappa shape index (κ3) is 5.31. The molecule has 0 saturated heterocycles. The zero-order valence-electron chi connectivity index (χ0n) is 17.8. The van der Waals surface area contributed by atoms with Crippen LogP contribution in [0.3, 0.4) is 0 Å². The first-order valence-corrected chi connectivity index (χ1v) is 11.3. The number of hydrogen-bond acceptors (Lipinski definition) is 4. The molecule has 0 atom stereocenters. The van der Waals surface area contributed by atoms with E-state index in [4.69, 9.17) is 4.74 Å². The van der Waals surface area contributed by atoms with E-state index < -0.39 is 10.0 Å². The highest BCUT2D eigenvalue weighted by Gasteiger charge is 2.26. The van der Waals surface area contributed by atoms with Crippen molar-refractivity contribution in [1.82, 2.24) is 9.62 Å². The molecule has 1 N–H and O–H groups in total. The monoisotopic (exact) mass is 438 g/mol. The Labute approximate surface area is 183 Å². The Bertz CT molecular complexity index is 1160. The molecule has 3 aromatic carbocycles. The molecule has 0 heterocycles. The largest absolute Gasteiger partial charge is 0.495 e. The summed E-state index contributed by atoms with van der Waals surface area (Å²) in [6, 6.07) is 21.5. The van der Waals surface area contributed by atoms with Gasteiger partial charge in [0.05, 0.1) is 7.11 Å². The van der Waals surface area contributed by atoms with Crippen LogP contribution in [0.1, 0.15) is 27.0 Å². The van der Waals surface area contributed by atoms with Gasteiger partial charge in [0, 0.05) is 25.7 Å². The van der Waals surface area contributed by atoms with Crippen LogP contribution in [0.15, 0.2) is 77.7 Å². The number of carbonyl (C=O) groups is 1. The Kier molecular flexibility index (Phi) is 7.09. The lowest BCUT2D eigenvalue weighted by atomic mass is 10.1. The molecule has 31 heavy (non-hydrogen) atoms. The van der Waals surface area contributed by atoms with Gasteiger partial charge in [-0.3, -0.25) is 4.79 Å². The number of rotatable bonds is 8. The highest BCUT2D eigenvalue weighted by molar-refractivity contribution is 7.89. The molecule has 3 aromatic rings. The highest BCUT2D eigenvalue weighted by atomic mass is 32.2. The SMILES string of the molecule is COc1ccc(C(=O)NCc2ccccc2C)cc1S(=O)(=O)N(C)Cc1ccccc1. The topological polar surface area (TPSA) is 75.7 Å². The molecular weight excluding hydrogens is 412 g/mol. The van der Waals surface area contributed by atoms with Crippen molar-refractivity contribution in [2.24, 2.45) is 0 Å². The second kappa shape index (κ2) is 9.76. The average molecular weight is 439 g/mol. The fourth-order valence-corrected chi connectivity index (χ4v) is 4.54. The highest BCUT2D eigenvalue weighted by Crippen LogP contribution is 2.28. The van der Waals surface area contributed by atoms with E-state index in [1.807, 2.05) is 61.5 Å². The van der Waals surface area contributed by atoms with Gasteiger partial charge in [-0.1, -0.05) is 54.6 Å². The maximum absolute atomic E-state index is 13.2. The van der Waals surface area contributed by atoms with E-state index in [1.165, 1.54) is 30.6 Å². The number of methoxy groups -OCH3 is 1. The molecule has 0 radical (unpaired) electrons. The van der Waals surface area contributed by atoms with Gasteiger partial charge < -0.3 is 10.1 Å². The van der Waals surface area contributed by atoms with E-state index in [-0.39, 0.29) is 28.7 Å². The minimum absolute atomic E-state index is 0.0445. The molecule has 0 bridgehead atoms. The predicted octanol–water partition coefficient (Wildman–Crippen LogP) is 3.75. The van der Waals surface area contributed by atoms with Crippen LogP contribution in [0.5, 0.6) is 5.75 Å². The maximum Gasteiger partial charge on any atom is 0.251 e. The van der Waals surface area contributed by atoms with Crippen molar-refractivity contribution in [3.63, 3.8) is 0 Å². The Morgan fingerprint density at radius 2 is 1.68 bits per heavy atom.